The topological polar surface area (TPSA) is 6.48 Å². The zero-order chi connectivity index (χ0) is 18.2. The van der Waals surface area contributed by atoms with E-state index in [0.29, 0.717) is 0 Å². The van der Waals surface area contributed by atoms with Gasteiger partial charge in [-0.2, -0.15) is 13.2 Å². The Hall–Kier alpha value is -2.01. The van der Waals surface area contributed by atoms with E-state index in [1.807, 2.05) is 50.3 Å². The van der Waals surface area contributed by atoms with E-state index in [2.05, 4.69) is 4.90 Å². The van der Waals surface area contributed by atoms with Crippen molar-refractivity contribution in [1.82, 2.24) is 4.90 Å². The van der Waals surface area contributed by atoms with Crippen molar-refractivity contribution in [3.8, 4) is 0 Å². The molecule has 5 heteroatoms. The number of fused-ring (bicyclic) bond motifs is 2. The first-order chi connectivity index (χ1) is 11.8. The molecule has 1 heterocycles. The highest BCUT2D eigenvalue weighted by Crippen LogP contribution is 2.47. The Morgan fingerprint density at radius 2 is 1.68 bits per heavy atom. The highest BCUT2D eigenvalue weighted by molar-refractivity contribution is 5.76. The lowest BCUT2D eigenvalue weighted by atomic mass is 9.81. The van der Waals surface area contributed by atoms with Crippen LogP contribution in [0.1, 0.15) is 35.4 Å². The van der Waals surface area contributed by atoms with Gasteiger partial charge in [0, 0.05) is 24.3 Å². The number of nitrogens with zero attached hydrogens (tertiary/aromatic N) is 2. The molecule has 0 fully saturated rings. The highest BCUT2D eigenvalue weighted by Gasteiger charge is 2.34. The summed E-state index contributed by atoms with van der Waals surface area (Å²) < 4.78 is 39.6. The average molecular weight is 348 g/mol. The second-order valence-electron chi connectivity index (χ2n) is 6.89. The van der Waals surface area contributed by atoms with E-state index in [9.17, 15) is 13.2 Å². The minimum Gasteiger partial charge on any atom is -0.344 e. The van der Waals surface area contributed by atoms with Gasteiger partial charge in [-0.25, -0.2) is 0 Å². The molecule has 0 aromatic heterocycles. The number of hydrogen-bond donors (Lipinski definition) is 0. The van der Waals surface area contributed by atoms with Gasteiger partial charge < -0.3 is 9.80 Å². The van der Waals surface area contributed by atoms with E-state index in [4.69, 9.17) is 0 Å². The normalized spacial score (nSPS) is 16.8. The molecule has 0 aliphatic carbocycles. The van der Waals surface area contributed by atoms with Crippen LogP contribution in [-0.4, -0.2) is 32.6 Å². The van der Waals surface area contributed by atoms with Gasteiger partial charge in [0.15, 0.2) is 0 Å². The standard InChI is InChI=1S/C20H23F3N2/c1-24(2)12-6-8-15-16-7-4-5-9-18(16)25(3)19-11-10-14(13-17(15)19)20(21,22)23/h4-5,7,9-11,13,15H,6,8,12H2,1-3H3. The van der Waals surface area contributed by atoms with Gasteiger partial charge in [-0.1, -0.05) is 18.2 Å². The molecule has 0 radical (unpaired) electrons. The van der Waals surface area contributed by atoms with Crippen molar-refractivity contribution in [3.05, 3.63) is 59.2 Å². The molecule has 0 bridgehead atoms. The van der Waals surface area contributed by atoms with E-state index >= 15 is 0 Å². The van der Waals surface area contributed by atoms with Crippen LogP contribution in [0.3, 0.4) is 0 Å². The lowest BCUT2D eigenvalue weighted by Gasteiger charge is -2.36. The molecule has 134 valence electrons. The molecule has 3 rings (SSSR count). The van der Waals surface area contributed by atoms with Gasteiger partial charge in [-0.3, -0.25) is 0 Å². The molecule has 2 nitrogen and oxygen atoms in total. The Morgan fingerprint density at radius 1 is 1.00 bits per heavy atom. The predicted octanol–water partition coefficient (Wildman–Crippen LogP) is 5.26. The van der Waals surface area contributed by atoms with E-state index in [1.165, 1.54) is 12.1 Å². The third-order valence-corrected chi connectivity index (χ3v) is 4.86. The minimum atomic E-state index is -4.32. The summed E-state index contributed by atoms with van der Waals surface area (Å²) in [4.78, 5) is 4.10. The average Bonchev–Trinajstić information content (AvgIpc) is 2.56. The summed E-state index contributed by atoms with van der Waals surface area (Å²) >= 11 is 0. The summed E-state index contributed by atoms with van der Waals surface area (Å²) in [6, 6.07) is 12.1. The van der Waals surface area contributed by atoms with Crippen LogP contribution in [-0.2, 0) is 6.18 Å². The number of hydrogen-bond acceptors (Lipinski definition) is 2. The van der Waals surface area contributed by atoms with Crippen LogP contribution < -0.4 is 4.90 Å². The fourth-order valence-corrected chi connectivity index (χ4v) is 3.62. The number of para-hydroxylation sites is 1. The maximum atomic E-state index is 13.2. The molecule has 0 saturated carbocycles. The summed E-state index contributed by atoms with van der Waals surface area (Å²) in [6.07, 6.45) is -2.55. The van der Waals surface area contributed by atoms with Crippen LogP contribution in [0.15, 0.2) is 42.5 Å². The van der Waals surface area contributed by atoms with Gasteiger partial charge in [0.1, 0.15) is 0 Å². The van der Waals surface area contributed by atoms with E-state index in [1.54, 1.807) is 6.07 Å². The van der Waals surface area contributed by atoms with Crippen molar-refractivity contribution in [2.24, 2.45) is 0 Å². The first-order valence-electron chi connectivity index (χ1n) is 8.47. The van der Waals surface area contributed by atoms with E-state index in [-0.39, 0.29) is 5.92 Å². The second-order valence-corrected chi connectivity index (χ2v) is 6.89. The van der Waals surface area contributed by atoms with Gasteiger partial charge in [-0.05, 0) is 68.9 Å². The monoisotopic (exact) mass is 348 g/mol. The maximum absolute atomic E-state index is 13.2. The van der Waals surface area contributed by atoms with Gasteiger partial charge in [-0.15, -0.1) is 0 Å². The molecule has 0 N–H and O–H groups in total. The number of benzene rings is 2. The van der Waals surface area contributed by atoms with E-state index < -0.39 is 11.7 Å². The molecule has 2 aromatic carbocycles. The molecule has 0 saturated heterocycles. The van der Waals surface area contributed by atoms with Crippen molar-refractivity contribution >= 4 is 11.4 Å². The lowest BCUT2D eigenvalue weighted by molar-refractivity contribution is -0.137. The largest absolute Gasteiger partial charge is 0.416 e. The fourth-order valence-electron chi connectivity index (χ4n) is 3.62. The minimum absolute atomic E-state index is 0.00958. The van der Waals surface area contributed by atoms with Crippen LogP contribution in [0.5, 0.6) is 0 Å². The van der Waals surface area contributed by atoms with Crippen LogP contribution in [0, 0.1) is 0 Å². The number of anilines is 2. The van der Waals surface area contributed by atoms with Crippen LogP contribution in [0.4, 0.5) is 24.5 Å². The highest BCUT2D eigenvalue weighted by atomic mass is 19.4. The van der Waals surface area contributed by atoms with Crippen LogP contribution in [0.2, 0.25) is 0 Å². The summed E-state index contributed by atoms with van der Waals surface area (Å²) in [5, 5.41) is 0. The zero-order valence-corrected chi connectivity index (χ0v) is 14.8. The smallest absolute Gasteiger partial charge is 0.344 e. The van der Waals surface area contributed by atoms with Crippen LogP contribution in [0.25, 0.3) is 0 Å². The summed E-state index contributed by atoms with van der Waals surface area (Å²) in [5.74, 6) is -0.00958. The number of alkyl halides is 3. The fraction of sp³-hybridized carbons (Fsp3) is 0.400. The zero-order valence-electron chi connectivity index (χ0n) is 14.8. The summed E-state index contributed by atoms with van der Waals surface area (Å²) in [6.45, 7) is 0.919. The summed E-state index contributed by atoms with van der Waals surface area (Å²) in [7, 11) is 5.94. The number of rotatable bonds is 4. The molecule has 2 aromatic rings. The van der Waals surface area contributed by atoms with Crippen molar-refractivity contribution < 1.29 is 13.2 Å². The molecule has 25 heavy (non-hydrogen) atoms. The van der Waals surface area contributed by atoms with Gasteiger partial charge >= 0.3 is 6.18 Å². The van der Waals surface area contributed by atoms with Gasteiger partial charge in [0.05, 0.1) is 5.56 Å². The Kier molecular flexibility index (Phi) is 4.78. The third kappa shape index (κ3) is 3.52. The Labute approximate surface area is 146 Å². The molecular weight excluding hydrogens is 325 g/mol. The van der Waals surface area contributed by atoms with Gasteiger partial charge in [0.25, 0.3) is 0 Å². The first kappa shape index (κ1) is 17.8. The van der Waals surface area contributed by atoms with Gasteiger partial charge in [0.2, 0.25) is 0 Å². The van der Waals surface area contributed by atoms with Crippen molar-refractivity contribution in [2.75, 3.05) is 32.6 Å². The van der Waals surface area contributed by atoms with Crippen molar-refractivity contribution in [3.63, 3.8) is 0 Å². The number of halogens is 3. The molecule has 1 unspecified atom stereocenters. The second kappa shape index (κ2) is 6.71. The molecule has 1 atom stereocenters. The Bertz CT molecular complexity index is 753. The molecule has 1 aliphatic rings. The van der Waals surface area contributed by atoms with Crippen molar-refractivity contribution in [2.45, 2.75) is 24.9 Å². The van der Waals surface area contributed by atoms with Crippen molar-refractivity contribution in [1.29, 1.82) is 0 Å². The Balaban J connectivity index is 2.05. The quantitative estimate of drug-likeness (QED) is 0.743. The summed E-state index contributed by atoms with van der Waals surface area (Å²) in [5.41, 5.74) is 3.24. The lowest BCUT2D eigenvalue weighted by Crippen LogP contribution is -2.23. The Morgan fingerprint density at radius 3 is 2.36 bits per heavy atom. The van der Waals surface area contributed by atoms with Crippen LogP contribution >= 0.6 is 0 Å². The molecule has 1 aliphatic heterocycles. The third-order valence-electron chi connectivity index (χ3n) is 4.86. The molecular formula is C20H23F3N2. The molecule has 0 amide bonds. The predicted molar refractivity (Wildman–Crippen MR) is 95.6 cm³/mol. The first-order valence-corrected chi connectivity index (χ1v) is 8.47. The maximum Gasteiger partial charge on any atom is 0.416 e. The van der Waals surface area contributed by atoms with E-state index in [0.717, 1.165) is 41.9 Å². The molecule has 0 spiro atoms. The SMILES string of the molecule is CN(C)CCCC1c2ccccc2N(C)c2ccc(C(F)(F)F)cc21.